The van der Waals surface area contributed by atoms with Crippen LogP contribution in [0.2, 0.25) is 0 Å². The zero-order valence-corrected chi connectivity index (χ0v) is 12.3. The van der Waals surface area contributed by atoms with E-state index in [-0.39, 0.29) is 37.3 Å². The van der Waals surface area contributed by atoms with Gasteiger partial charge in [0.1, 0.15) is 15.9 Å². The second-order valence-corrected chi connectivity index (χ2v) is 9.68. The predicted molar refractivity (Wildman–Crippen MR) is 69.3 cm³/mol. The lowest BCUT2D eigenvalue weighted by molar-refractivity contribution is -0.140. The molecule has 0 aromatic rings. The van der Waals surface area contributed by atoms with Gasteiger partial charge in [0.15, 0.2) is 0 Å². The minimum absolute atomic E-state index is 0.0242. The summed E-state index contributed by atoms with van der Waals surface area (Å²) in [7, 11) is -7.10. The minimum atomic E-state index is -3.91. The number of aliphatic hydroxyl groups excluding tert-OH is 1. The Kier molecular flexibility index (Phi) is 4.11. The fourth-order valence-electron chi connectivity index (χ4n) is 2.65. The van der Waals surface area contributed by atoms with Crippen molar-refractivity contribution in [2.24, 2.45) is 0 Å². The molecule has 0 radical (unpaired) electrons. The summed E-state index contributed by atoms with van der Waals surface area (Å²) in [6.45, 7) is -0.247. The highest BCUT2D eigenvalue weighted by Gasteiger charge is 2.46. The van der Waals surface area contributed by atoms with Crippen LogP contribution in [0.3, 0.4) is 0 Å². The van der Waals surface area contributed by atoms with Gasteiger partial charge in [0.25, 0.3) is 0 Å². The summed E-state index contributed by atoms with van der Waals surface area (Å²) in [4.78, 5) is 11.1. The fourth-order valence-corrected chi connectivity index (χ4v) is 6.56. The predicted octanol–water partition coefficient (Wildman–Crippen LogP) is -1.59. The van der Waals surface area contributed by atoms with Gasteiger partial charge >= 0.3 is 5.97 Å². The quantitative estimate of drug-likeness (QED) is 0.639. The van der Waals surface area contributed by atoms with Crippen molar-refractivity contribution in [2.75, 3.05) is 18.1 Å². The Labute approximate surface area is 117 Å². The SMILES string of the molecule is O=C(O)C1CC(O)CN1S(=O)(=O)C1CCS(=O)(=O)CC1. The number of sulfone groups is 1. The molecule has 0 saturated carbocycles. The van der Waals surface area contributed by atoms with Gasteiger partial charge in [0.2, 0.25) is 10.0 Å². The molecule has 2 aliphatic rings. The number of sulfonamides is 1. The molecule has 2 unspecified atom stereocenters. The molecule has 0 bridgehead atoms. The van der Waals surface area contributed by atoms with Crippen molar-refractivity contribution in [3.05, 3.63) is 0 Å². The van der Waals surface area contributed by atoms with Crippen molar-refractivity contribution >= 4 is 25.8 Å². The molecule has 0 aliphatic carbocycles. The Morgan fingerprint density at radius 1 is 1.20 bits per heavy atom. The molecule has 0 spiro atoms. The zero-order chi connectivity index (χ0) is 15.1. The molecular weight excluding hydrogens is 310 g/mol. The molecule has 2 aliphatic heterocycles. The number of β-amino-alcohol motifs (C(OH)–C–C–N with tert-alkyl or cyclic N) is 1. The van der Waals surface area contributed by atoms with Crippen LogP contribution in [0, 0.1) is 0 Å². The van der Waals surface area contributed by atoms with Gasteiger partial charge in [-0.1, -0.05) is 0 Å². The van der Waals surface area contributed by atoms with E-state index in [1.54, 1.807) is 0 Å². The molecule has 2 saturated heterocycles. The molecule has 8 nitrogen and oxygen atoms in total. The Hall–Kier alpha value is -0.710. The maximum absolute atomic E-state index is 12.4. The summed E-state index contributed by atoms with van der Waals surface area (Å²) in [5, 5.41) is 17.6. The van der Waals surface area contributed by atoms with Crippen molar-refractivity contribution in [2.45, 2.75) is 36.7 Å². The van der Waals surface area contributed by atoms with Gasteiger partial charge in [-0.2, -0.15) is 4.31 Å². The summed E-state index contributed by atoms with van der Waals surface area (Å²) in [6.07, 6.45) is -1.19. The van der Waals surface area contributed by atoms with Gasteiger partial charge in [-0.3, -0.25) is 4.79 Å². The van der Waals surface area contributed by atoms with Gasteiger partial charge in [0, 0.05) is 13.0 Å². The number of rotatable bonds is 3. The van der Waals surface area contributed by atoms with Gasteiger partial charge in [-0.25, -0.2) is 16.8 Å². The molecule has 2 atom stereocenters. The second kappa shape index (κ2) is 5.24. The van der Waals surface area contributed by atoms with E-state index < -0.39 is 43.2 Å². The van der Waals surface area contributed by atoms with Crippen molar-refractivity contribution < 1.29 is 31.8 Å². The van der Waals surface area contributed by atoms with Crippen LogP contribution in [-0.2, 0) is 24.7 Å². The first kappa shape index (κ1) is 15.7. The van der Waals surface area contributed by atoms with E-state index >= 15 is 0 Å². The lowest BCUT2D eigenvalue weighted by Crippen LogP contribution is -2.47. The number of aliphatic carboxylic acids is 1. The molecule has 2 rings (SSSR count). The van der Waals surface area contributed by atoms with Gasteiger partial charge < -0.3 is 10.2 Å². The topological polar surface area (TPSA) is 129 Å². The molecule has 2 heterocycles. The van der Waals surface area contributed by atoms with Gasteiger partial charge in [-0.15, -0.1) is 0 Å². The third-order valence-corrected chi connectivity index (χ3v) is 7.86. The Balaban J connectivity index is 2.20. The van der Waals surface area contributed by atoms with E-state index in [1.807, 2.05) is 0 Å². The molecule has 10 heteroatoms. The third-order valence-electron chi connectivity index (χ3n) is 3.77. The van der Waals surface area contributed by atoms with E-state index in [0.717, 1.165) is 4.31 Å². The van der Waals surface area contributed by atoms with Crippen molar-refractivity contribution in [1.29, 1.82) is 0 Å². The fraction of sp³-hybridized carbons (Fsp3) is 0.900. The van der Waals surface area contributed by atoms with Crippen LogP contribution >= 0.6 is 0 Å². The lowest BCUT2D eigenvalue weighted by Gasteiger charge is -2.28. The van der Waals surface area contributed by atoms with Crippen molar-refractivity contribution in [3.63, 3.8) is 0 Å². The van der Waals surface area contributed by atoms with Crippen LogP contribution in [0.4, 0.5) is 0 Å². The van der Waals surface area contributed by atoms with E-state index in [0.29, 0.717) is 0 Å². The maximum Gasteiger partial charge on any atom is 0.322 e. The van der Waals surface area contributed by atoms with E-state index in [9.17, 15) is 26.7 Å². The summed E-state index contributed by atoms with van der Waals surface area (Å²) in [5.41, 5.74) is 0. The summed E-state index contributed by atoms with van der Waals surface area (Å²) >= 11 is 0. The minimum Gasteiger partial charge on any atom is -0.480 e. The molecule has 2 fully saturated rings. The Morgan fingerprint density at radius 2 is 1.75 bits per heavy atom. The molecule has 116 valence electrons. The largest absolute Gasteiger partial charge is 0.480 e. The first-order valence-electron chi connectivity index (χ1n) is 6.25. The first-order chi connectivity index (χ1) is 9.13. The van der Waals surface area contributed by atoms with Crippen LogP contribution in [0.1, 0.15) is 19.3 Å². The zero-order valence-electron chi connectivity index (χ0n) is 10.7. The van der Waals surface area contributed by atoms with Crippen LogP contribution in [-0.4, -0.2) is 72.8 Å². The van der Waals surface area contributed by atoms with E-state index in [2.05, 4.69) is 0 Å². The van der Waals surface area contributed by atoms with Crippen LogP contribution in [0.15, 0.2) is 0 Å². The Morgan fingerprint density at radius 3 is 2.25 bits per heavy atom. The monoisotopic (exact) mass is 327 g/mol. The van der Waals surface area contributed by atoms with Crippen LogP contribution < -0.4 is 0 Å². The summed E-state index contributed by atoms with van der Waals surface area (Å²) < 4.78 is 48.3. The third kappa shape index (κ3) is 2.97. The maximum atomic E-state index is 12.4. The second-order valence-electron chi connectivity index (χ2n) is 5.21. The van der Waals surface area contributed by atoms with Crippen LogP contribution in [0.5, 0.6) is 0 Å². The number of hydrogen-bond acceptors (Lipinski definition) is 6. The van der Waals surface area contributed by atoms with E-state index in [1.165, 1.54) is 0 Å². The molecule has 0 aromatic carbocycles. The first-order valence-corrected chi connectivity index (χ1v) is 9.58. The number of carbonyl (C=O) groups is 1. The van der Waals surface area contributed by atoms with Crippen molar-refractivity contribution in [3.8, 4) is 0 Å². The number of hydrogen-bond donors (Lipinski definition) is 2. The van der Waals surface area contributed by atoms with Gasteiger partial charge in [0.05, 0.1) is 22.9 Å². The summed E-state index contributed by atoms with van der Waals surface area (Å²) in [6, 6.07) is -1.27. The normalized spacial score (nSPS) is 32.2. The molecule has 20 heavy (non-hydrogen) atoms. The molecule has 0 amide bonds. The van der Waals surface area contributed by atoms with Crippen molar-refractivity contribution in [1.82, 2.24) is 4.31 Å². The Bertz CT molecular complexity index is 583. The standard InChI is InChI=1S/C10H17NO7S2/c12-7-5-9(10(13)14)11(6-7)20(17,18)8-1-3-19(15,16)4-2-8/h7-9,12H,1-6H2,(H,13,14). The molecular formula is C10H17NO7S2. The highest BCUT2D eigenvalue weighted by molar-refractivity contribution is 7.92. The smallest absolute Gasteiger partial charge is 0.322 e. The highest BCUT2D eigenvalue weighted by atomic mass is 32.2. The lowest BCUT2D eigenvalue weighted by atomic mass is 10.2. The number of aliphatic hydroxyl groups is 1. The average molecular weight is 327 g/mol. The summed E-state index contributed by atoms with van der Waals surface area (Å²) in [5.74, 6) is -1.70. The number of carboxylic acid groups (broad SMARTS) is 1. The van der Waals surface area contributed by atoms with Gasteiger partial charge in [-0.05, 0) is 12.8 Å². The highest BCUT2D eigenvalue weighted by Crippen LogP contribution is 2.29. The number of nitrogens with zero attached hydrogens (tertiary/aromatic N) is 1. The van der Waals surface area contributed by atoms with Crippen LogP contribution in [0.25, 0.3) is 0 Å². The average Bonchev–Trinajstić information content (AvgIpc) is 2.71. The molecule has 0 aromatic heterocycles. The van der Waals surface area contributed by atoms with E-state index in [4.69, 9.17) is 5.11 Å². The molecule has 2 N–H and O–H groups in total. The number of carboxylic acids is 1.